The zero-order valence-corrected chi connectivity index (χ0v) is 19.0. The van der Waals surface area contributed by atoms with Gasteiger partial charge in [-0.3, -0.25) is 9.59 Å². The summed E-state index contributed by atoms with van der Waals surface area (Å²) in [6.07, 6.45) is 1.59. The fourth-order valence-electron chi connectivity index (χ4n) is 3.28. The SMILES string of the molecule is CCOc1ccc(/C=N\NC(=O)C(NC(=O)c2ccc(Cl)cc2)C(C)C)c2ccccc12. The van der Waals surface area contributed by atoms with Crippen molar-refractivity contribution >= 4 is 40.4 Å². The highest BCUT2D eigenvalue weighted by Crippen LogP contribution is 2.27. The molecule has 1 atom stereocenters. The Hall–Kier alpha value is -3.38. The molecule has 3 rings (SSSR count). The molecule has 0 spiro atoms. The van der Waals surface area contributed by atoms with E-state index in [0.29, 0.717) is 17.2 Å². The Kier molecular flexibility index (Phi) is 7.84. The molecular weight excluding hydrogens is 426 g/mol. The smallest absolute Gasteiger partial charge is 0.262 e. The van der Waals surface area contributed by atoms with Gasteiger partial charge in [-0.15, -0.1) is 0 Å². The van der Waals surface area contributed by atoms with E-state index in [1.54, 1.807) is 30.5 Å². The van der Waals surface area contributed by atoms with Crippen LogP contribution in [0, 0.1) is 5.92 Å². The summed E-state index contributed by atoms with van der Waals surface area (Å²) >= 11 is 5.87. The normalized spacial score (nSPS) is 12.2. The molecule has 2 N–H and O–H groups in total. The summed E-state index contributed by atoms with van der Waals surface area (Å²) in [7, 11) is 0. The van der Waals surface area contributed by atoms with Crippen molar-refractivity contribution in [1.82, 2.24) is 10.7 Å². The number of nitrogens with one attached hydrogen (secondary N) is 2. The molecule has 0 fully saturated rings. The number of hydrogen-bond donors (Lipinski definition) is 2. The minimum atomic E-state index is -0.743. The maximum atomic E-state index is 12.7. The maximum absolute atomic E-state index is 12.7. The standard InChI is InChI=1S/C25H26ClN3O3/c1-4-32-22-14-11-18(20-7-5-6-8-21(20)22)15-27-29-25(31)23(16(2)3)28-24(30)17-9-12-19(26)13-10-17/h5-16,23H,4H2,1-3H3,(H,28,30)(H,29,31)/b27-15-. The second-order valence-electron chi connectivity index (χ2n) is 7.57. The molecule has 0 saturated heterocycles. The van der Waals surface area contributed by atoms with Gasteiger partial charge >= 0.3 is 0 Å². The molecule has 32 heavy (non-hydrogen) atoms. The van der Waals surface area contributed by atoms with Crippen molar-refractivity contribution in [3.63, 3.8) is 0 Å². The number of nitrogens with zero attached hydrogens (tertiary/aromatic N) is 1. The van der Waals surface area contributed by atoms with Crippen LogP contribution in [0.4, 0.5) is 0 Å². The summed E-state index contributed by atoms with van der Waals surface area (Å²) in [6, 6.07) is 17.4. The van der Waals surface area contributed by atoms with Gasteiger partial charge in [0, 0.05) is 21.5 Å². The first kappa shape index (κ1) is 23.3. The summed E-state index contributed by atoms with van der Waals surface area (Å²) < 4.78 is 5.69. The number of hydrazone groups is 1. The Morgan fingerprint density at radius 2 is 1.72 bits per heavy atom. The highest BCUT2D eigenvalue weighted by atomic mass is 35.5. The lowest BCUT2D eigenvalue weighted by Crippen LogP contribution is -2.48. The number of halogens is 1. The molecule has 166 valence electrons. The van der Waals surface area contributed by atoms with Crippen molar-refractivity contribution in [2.24, 2.45) is 11.0 Å². The first-order chi connectivity index (χ1) is 15.4. The monoisotopic (exact) mass is 451 g/mol. The highest BCUT2D eigenvalue weighted by Gasteiger charge is 2.24. The molecule has 0 aliphatic rings. The lowest BCUT2D eigenvalue weighted by Gasteiger charge is -2.20. The Morgan fingerprint density at radius 3 is 2.38 bits per heavy atom. The van der Waals surface area contributed by atoms with Crippen LogP contribution in [0.3, 0.4) is 0 Å². The van der Waals surface area contributed by atoms with E-state index >= 15 is 0 Å². The number of hydrogen-bond acceptors (Lipinski definition) is 4. The Morgan fingerprint density at radius 1 is 1.03 bits per heavy atom. The van der Waals surface area contributed by atoms with E-state index < -0.39 is 11.9 Å². The van der Waals surface area contributed by atoms with Crippen molar-refractivity contribution in [3.05, 3.63) is 76.8 Å². The van der Waals surface area contributed by atoms with Crippen LogP contribution in [0.15, 0.2) is 65.8 Å². The second-order valence-corrected chi connectivity index (χ2v) is 8.00. The predicted octanol–water partition coefficient (Wildman–Crippen LogP) is 4.80. The minimum Gasteiger partial charge on any atom is -0.493 e. The fraction of sp³-hybridized carbons (Fsp3) is 0.240. The highest BCUT2D eigenvalue weighted by molar-refractivity contribution is 6.30. The molecular formula is C25H26ClN3O3. The number of ether oxygens (including phenoxy) is 1. The third-order valence-electron chi connectivity index (χ3n) is 4.94. The summed E-state index contributed by atoms with van der Waals surface area (Å²) in [6.45, 7) is 6.23. The van der Waals surface area contributed by atoms with Gasteiger partial charge in [-0.2, -0.15) is 5.10 Å². The van der Waals surface area contributed by atoms with Crippen LogP contribution in [0.25, 0.3) is 10.8 Å². The molecule has 3 aromatic rings. The number of carbonyl (C=O) groups excluding carboxylic acids is 2. The van der Waals surface area contributed by atoms with Crippen molar-refractivity contribution in [2.75, 3.05) is 6.61 Å². The maximum Gasteiger partial charge on any atom is 0.262 e. The quantitative estimate of drug-likeness (QED) is 0.381. The van der Waals surface area contributed by atoms with Gasteiger partial charge in [0.1, 0.15) is 11.8 Å². The van der Waals surface area contributed by atoms with Crippen LogP contribution < -0.4 is 15.5 Å². The van der Waals surface area contributed by atoms with Crippen molar-refractivity contribution in [3.8, 4) is 5.75 Å². The lowest BCUT2D eigenvalue weighted by molar-refractivity contribution is -0.123. The topological polar surface area (TPSA) is 79.8 Å². The average molecular weight is 452 g/mol. The zero-order valence-electron chi connectivity index (χ0n) is 18.3. The Labute approximate surface area is 192 Å². The summed E-state index contributed by atoms with van der Waals surface area (Å²) in [5, 5.41) is 9.37. The van der Waals surface area contributed by atoms with Gasteiger partial charge in [-0.1, -0.05) is 49.7 Å². The van der Waals surface area contributed by atoms with Crippen LogP contribution >= 0.6 is 11.6 Å². The largest absolute Gasteiger partial charge is 0.493 e. The first-order valence-electron chi connectivity index (χ1n) is 10.4. The van der Waals surface area contributed by atoms with E-state index in [9.17, 15) is 9.59 Å². The number of carbonyl (C=O) groups is 2. The van der Waals surface area contributed by atoms with Gasteiger partial charge in [0.15, 0.2) is 0 Å². The molecule has 7 heteroatoms. The fourth-order valence-corrected chi connectivity index (χ4v) is 3.41. The molecule has 0 aromatic heterocycles. The van der Waals surface area contributed by atoms with E-state index in [2.05, 4.69) is 15.8 Å². The predicted molar refractivity (Wildman–Crippen MR) is 128 cm³/mol. The average Bonchev–Trinajstić information content (AvgIpc) is 2.79. The number of amides is 2. The van der Waals surface area contributed by atoms with E-state index in [1.165, 1.54) is 0 Å². The van der Waals surface area contributed by atoms with Crippen LogP contribution in [0.1, 0.15) is 36.7 Å². The molecule has 0 saturated carbocycles. The van der Waals surface area contributed by atoms with Gasteiger partial charge in [0.05, 0.1) is 12.8 Å². The molecule has 1 unspecified atom stereocenters. The molecule has 0 aliphatic heterocycles. The molecule has 0 heterocycles. The molecule has 2 amide bonds. The van der Waals surface area contributed by atoms with Gasteiger partial charge < -0.3 is 10.1 Å². The lowest BCUT2D eigenvalue weighted by atomic mass is 10.0. The third-order valence-corrected chi connectivity index (χ3v) is 5.19. The van der Waals surface area contributed by atoms with E-state index in [4.69, 9.17) is 16.3 Å². The van der Waals surface area contributed by atoms with Crippen LogP contribution in [-0.4, -0.2) is 30.7 Å². The molecule has 6 nitrogen and oxygen atoms in total. The molecule has 3 aromatic carbocycles. The minimum absolute atomic E-state index is 0.132. The first-order valence-corrected chi connectivity index (χ1v) is 10.8. The van der Waals surface area contributed by atoms with Crippen LogP contribution in [0.2, 0.25) is 5.02 Å². The van der Waals surface area contributed by atoms with Gasteiger partial charge in [0.2, 0.25) is 0 Å². The Bertz CT molecular complexity index is 1130. The molecule has 0 aliphatic carbocycles. The van der Waals surface area contributed by atoms with Crippen molar-refractivity contribution < 1.29 is 14.3 Å². The van der Waals surface area contributed by atoms with Gasteiger partial charge in [0.25, 0.3) is 11.8 Å². The Balaban J connectivity index is 1.72. The zero-order chi connectivity index (χ0) is 23.1. The number of rotatable bonds is 8. The van der Waals surface area contributed by atoms with Crippen LogP contribution in [0.5, 0.6) is 5.75 Å². The molecule has 0 radical (unpaired) electrons. The van der Waals surface area contributed by atoms with E-state index in [-0.39, 0.29) is 11.8 Å². The van der Waals surface area contributed by atoms with Crippen molar-refractivity contribution in [2.45, 2.75) is 26.8 Å². The van der Waals surface area contributed by atoms with E-state index in [0.717, 1.165) is 22.1 Å². The summed E-state index contributed by atoms with van der Waals surface area (Å²) in [5.41, 5.74) is 3.82. The van der Waals surface area contributed by atoms with E-state index in [1.807, 2.05) is 57.2 Å². The van der Waals surface area contributed by atoms with Gasteiger partial charge in [-0.05, 0) is 54.6 Å². The van der Waals surface area contributed by atoms with Gasteiger partial charge in [-0.25, -0.2) is 5.43 Å². The van der Waals surface area contributed by atoms with Crippen LogP contribution in [-0.2, 0) is 4.79 Å². The summed E-state index contributed by atoms with van der Waals surface area (Å²) in [5.74, 6) is -0.0763. The third kappa shape index (κ3) is 5.65. The summed E-state index contributed by atoms with van der Waals surface area (Å²) in [4.78, 5) is 25.2. The van der Waals surface area contributed by atoms with Crippen molar-refractivity contribution in [1.29, 1.82) is 0 Å². The number of fused-ring (bicyclic) bond motifs is 1. The number of benzene rings is 3. The second kappa shape index (κ2) is 10.8. The molecule has 0 bridgehead atoms.